The highest BCUT2D eigenvalue weighted by Gasteiger charge is 2.26. The van der Waals surface area contributed by atoms with Gasteiger partial charge in [-0.1, -0.05) is 13.8 Å². The molecule has 0 heterocycles. The van der Waals surface area contributed by atoms with Gasteiger partial charge in [-0.2, -0.15) is 0 Å². The zero-order valence-electron chi connectivity index (χ0n) is 11.4. The van der Waals surface area contributed by atoms with E-state index in [4.69, 9.17) is 9.84 Å². The van der Waals surface area contributed by atoms with E-state index >= 15 is 0 Å². The number of carboxylic acid groups (broad SMARTS) is 1. The predicted octanol–water partition coefficient (Wildman–Crippen LogP) is 1.13. The smallest absolute Gasteiger partial charge is 0.309 e. The Morgan fingerprint density at radius 3 is 2.18 bits per heavy atom. The highest BCUT2D eigenvalue weighted by atomic mass is 16.5. The van der Waals surface area contributed by atoms with Gasteiger partial charge >= 0.3 is 11.9 Å². The van der Waals surface area contributed by atoms with Crippen LogP contribution in [-0.2, 0) is 14.3 Å². The molecule has 0 bridgehead atoms. The van der Waals surface area contributed by atoms with Crippen LogP contribution >= 0.6 is 0 Å². The summed E-state index contributed by atoms with van der Waals surface area (Å²) in [5.74, 6) is -1.44. The van der Waals surface area contributed by atoms with Gasteiger partial charge in [-0.15, -0.1) is 0 Å². The molecular weight excluding hydrogens is 222 g/mol. The van der Waals surface area contributed by atoms with Crippen molar-refractivity contribution >= 4 is 11.9 Å². The largest absolute Gasteiger partial charge is 0.481 e. The first-order chi connectivity index (χ1) is 7.65. The maximum absolute atomic E-state index is 11.6. The SMILES string of the molecule is CCC(C)C(=O)O[C@@H](CC(=O)O)C[N+](C)(C)C. The Labute approximate surface area is 103 Å². The molecule has 0 saturated heterocycles. The molecule has 0 spiro atoms. The monoisotopic (exact) mass is 246 g/mol. The molecule has 0 rings (SSSR count). The quantitative estimate of drug-likeness (QED) is 0.540. The van der Waals surface area contributed by atoms with Gasteiger partial charge in [0, 0.05) is 0 Å². The Kier molecular flexibility index (Phi) is 6.16. The molecule has 0 fully saturated rings. The van der Waals surface area contributed by atoms with E-state index in [1.165, 1.54) is 0 Å². The van der Waals surface area contributed by atoms with Crippen LogP contribution in [0.2, 0.25) is 0 Å². The number of carbonyl (C=O) groups is 2. The van der Waals surface area contributed by atoms with Crippen molar-refractivity contribution in [1.29, 1.82) is 0 Å². The van der Waals surface area contributed by atoms with Gasteiger partial charge in [0.05, 0.1) is 33.5 Å². The fourth-order valence-electron chi connectivity index (χ4n) is 1.40. The molecule has 0 aliphatic carbocycles. The van der Waals surface area contributed by atoms with Crippen LogP contribution in [0.1, 0.15) is 26.7 Å². The third-order valence-corrected chi connectivity index (χ3v) is 2.45. The molecular formula is C12H24NO4+. The number of rotatable bonds is 7. The number of hydrogen-bond donors (Lipinski definition) is 1. The summed E-state index contributed by atoms with van der Waals surface area (Å²) in [4.78, 5) is 22.3. The lowest BCUT2D eigenvalue weighted by molar-refractivity contribution is -0.873. The van der Waals surface area contributed by atoms with Gasteiger partial charge in [0.2, 0.25) is 0 Å². The van der Waals surface area contributed by atoms with Crippen LogP contribution in [0.4, 0.5) is 0 Å². The summed E-state index contributed by atoms with van der Waals surface area (Å²) in [7, 11) is 5.81. The molecule has 0 radical (unpaired) electrons. The maximum atomic E-state index is 11.6. The van der Waals surface area contributed by atoms with Crippen LogP contribution in [0.3, 0.4) is 0 Å². The molecule has 1 unspecified atom stereocenters. The fourth-order valence-corrected chi connectivity index (χ4v) is 1.40. The molecule has 0 amide bonds. The molecule has 1 N–H and O–H groups in total. The van der Waals surface area contributed by atoms with Crippen LogP contribution in [0, 0.1) is 5.92 Å². The van der Waals surface area contributed by atoms with Crippen molar-refractivity contribution in [3.05, 3.63) is 0 Å². The number of carbonyl (C=O) groups excluding carboxylic acids is 1. The van der Waals surface area contributed by atoms with Gasteiger partial charge in [0.25, 0.3) is 0 Å². The first-order valence-corrected chi connectivity index (χ1v) is 5.88. The van der Waals surface area contributed by atoms with E-state index in [2.05, 4.69) is 0 Å². The maximum Gasteiger partial charge on any atom is 0.309 e. The molecule has 17 heavy (non-hydrogen) atoms. The van der Waals surface area contributed by atoms with Crippen molar-refractivity contribution in [2.24, 2.45) is 5.92 Å². The summed E-state index contributed by atoms with van der Waals surface area (Å²) in [6, 6.07) is 0. The normalized spacial score (nSPS) is 15.1. The molecule has 0 aromatic rings. The molecule has 0 aromatic heterocycles. The van der Waals surface area contributed by atoms with E-state index in [1.807, 2.05) is 28.1 Å². The van der Waals surface area contributed by atoms with E-state index in [1.54, 1.807) is 6.92 Å². The number of quaternary nitrogens is 1. The zero-order valence-corrected chi connectivity index (χ0v) is 11.4. The minimum Gasteiger partial charge on any atom is -0.481 e. The fraction of sp³-hybridized carbons (Fsp3) is 0.833. The van der Waals surface area contributed by atoms with Crippen LogP contribution < -0.4 is 0 Å². The third kappa shape index (κ3) is 7.74. The average molecular weight is 246 g/mol. The first-order valence-electron chi connectivity index (χ1n) is 5.88. The number of hydrogen-bond acceptors (Lipinski definition) is 3. The van der Waals surface area contributed by atoms with Crippen molar-refractivity contribution in [1.82, 2.24) is 0 Å². The van der Waals surface area contributed by atoms with E-state index < -0.39 is 12.1 Å². The lowest BCUT2D eigenvalue weighted by atomic mass is 10.1. The van der Waals surface area contributed by atoms with Crippen LogP contribution in [0.15, 0.2) is 0 Å². The summed E-state index contributed by atoms with van der Waals surface area (Å²) in [6.07, 6.45) is -0.00487. The van der Waals surface area contributed by atoms with E-state index in [0.29, 0.717) is 17.4 Å². The molecule has 5 nitrogen and oxygen atoms in total. The van der Waals surface area contributed by atoms with Crippen molar-refractivity contribution in [2.75, 3.05) is 27.7 Å². The van der Waals surface area contributed by atoms with Gasteiger partial charge in [0.15, 0.2) is 6.10 Å². The molecule has 2 atom stereocenters. The second kappa shape index (κ2) is 6.59. The summed E-state index contributed by atoms with van der Waals surface area (Å²) in [5, 5.41) is 8.79. The van der Waals surface area contributed by atoms with Crippen LogP contribution in [0.5, 0.6) is 0 Å². The minimum absolute atomic E-state index is 0.141. The van der Waals surface area contributed by atoms with Gasteiger partial charge in [-0.05, 0) is 6.42 Å². The lowest BCUT2D eigenvalue weighted by Crippen LogP contribution is -2.44. The molecule has 0 aliphatic rings. The van der Waals surface area contributed by atoms with Gasteiger partial charge in [0.1, 0.15) is 6.54 Å². The van der Waals surface area contributed by atoms with Gasteiger partial charge in [-0.3, -0.25) is 9.59 Å². The summed E-state index contributed by atoms with van der Waals surface area (Å²) in [5.41, 5.74) is 0. The first kappa shape index (κ1) is 15.9. The number of ether oxygens (including phenoxy) is 1. The Hall–Kier alpha value is -1.10. The second-order valence-electron chi connectivity index (χ2n) is 5.44. The average Bonchev–Trinajstić information content (AvgIpc) is 2.12. The minimum atomic E-state index is -0.944. The van der Waals surface area contributed by atoms with E-state index in [-0.39, 0.29) is 18.3 Å². The van der Waals surface area contributed by atoms with Crippen LogP contribution in [-0.4, -0.2) is 55.3 Å². The van der Waals surface area contributed by atoms with Crippen LogP contribution in [0.25, 0.3) is 0 Å². The van der Waals surface area contributed by atoms with Crippen molar-refractivity contribution in [3.63, 3.8) is 0 Å². The van der Waals surface area contributed by atoms with Gasteiger partial charge in [-0.25, -0.2) is 0 Å². The summed E-state index contributed by atoms with van der Waals surface area (Å²) >= 11 is 0. The number of likely N-dealkylation sites (N-methyl/N-ethyl adjacent to an activating group) is 1. The Morgan fingerprint density at radius 2 is 1.82 bits per heavy atom. The lowest BCUT2D eigenvalue weighted by Gasteiger charge is -2.28. The molecule has 0 saturated carbocycles. The highest BCUT2D eigenvalue weighted by Crippen LogP contribution is 2.10. The number of carboxylic acids is 1. The van der Waals surface area contributed by atoms with Crippen molar-refractivity contribution in [3.8, 4) is 0 Å². The molecule has 0 aromatic carbocycles. The number of nitrogens with zero attached hydrogens (tertiary/aromatic N) is 1. The number of esters is 1. The number of aliphatic carboxylic acids is 1. The highest BCUT2D eigenvalue weighted by molar-refractivity contribution is 5.73. The Morgan fingerprint density at radius 1 is 1.29 bits per heavy atom. The molecule has 100 valence electrons. The Bertz CT molecular complexity index is 270. The van der Waals surface area contributed by atoms with Crippen molar-refractivity contribution in [2.45, 2.75) is 32.8 Å². The molecule has 0 aliphatic heterocycles. The van der Waals surface area contributed by atoms with E-state index in [9.17, 15) is 9.59 Å². The third-order valence-electron chi connectivity index (χ3n) is 2.45. The molecule has 5 heteroatoms. The van der Waals surface area contributed by atoms with Gasteiger partial charge < -0.3 is 14.3 Å². The summed E-state index contributed by atoms with van der Waals surface area (Å²) in [6.45, 7) is 4.18. The van der Waals surface area contributed by atoms with E-state index in [0.717, 1.165) is 0 Å². The summed E-state index contributed by atoms with van der Waals surface area (Å²) < 4.78 is 5.82. The Balaban J connectivity index is 4.48. The van der Waals surface area contributed by atoms with Crippen molar-refractivity contribution < 1.29 is 23.9 Å². The second-order valence-corrected chi connectivity index (χ2v) is 5.44. The zero-order chi connectivity index (χ0) is 13.6. The standard InChI is InChI=1S/C12H23NO4/c1-6-9(2)12(16)17-10(7-11(14)15)8-13(3,4)5/h9-10H,6-8H2,1-5H3/p+1/t9?,10-/m0/s1. The predicted molar refractivity (Wildman–Crippen MR) is 64.5 cm³/mol. The topological polar surface area (TPSA) is 63.6 Å².